The molecule has 7 rings (SSSR count). The molecule has 1 fully saturated rings. The number of benzene rings is 3. The number of nitrogens with zero attached hydrogens (tertiary/aromatic N) is 4. The molecule has 1 saturated heterocycles. The molecule has 0 amide bonds. The van der Waals surface area contributed by atoms with Crippen molar-refractivity contribution in [1.29, 1.82) is 0 Å². The molecule has 0 aliphatic carbocycles. The topological polar surface area (TPSA) is 97.7 Å². The van der Waals surface area contributed by atoms with Crippen LogP contribution in [0.1, 0.15) is 50.3 Å². The number of carboxylic acid groups (broad SMARTS) is 1. The quantitative estimate of drug-likeness (QED) is 0.223. The largest absolute Gasteiger partial charge is 0.492 e. The lowest BCUT2D eigenvalue weighted by atomic mass is 9.85. The number of carbonyl (C=O) groups is 1. The maximum atomic E-state index is 12.3. The minimum atomic E-state index is -0.891. The number of hydrogen-bond acceptors (Lipinski definition) is 7. The number of carboxylic acids is 1. The smallest absolute Gasteiger partial charge is 0.307 e. The van der Waals surface area contributed by atoms with Gasteiger partial charge in [0.2, 0.25) is 5.95 Å². The average Bonchev–Trinajstić information content (AvgIpc) is 3.53. The second-order valence-corrected chi connectivity index (χ2v) is 12.8. The number of rotatable bonds is 6. The Kier molecular flexibility index (Phi) is 6.87. The first kappa shape index (κ1) is 28.1. The Hall–Kier alpha value is -4.72. The van der Waals surface area contributed by atoms with Crippen LogP contribution in [0, 0.1) is 6.92 Å². The number of aromatic nitrogens is 3. The van der Waals surface area contributed by atoms with Gasteiger partial charge in [0.15, 0.2) is 0 Å². The number of fused-ring (bicyclic) bond motifs is 1. The molecule has 0 radical (unpaired) electrons. The molecule has 0 unspecified atom stereocenters. The molecule has 44 heavy (non-hydrogen) atoms. The Balaban J connectivity index is 1.47. The van der Waals surface area contributed by atoms with Crippen LogP contribution in [0.5, 0.6) is 11.5 Å². The molecule has 0 atom stereocenters. The molecule has 1 N–H and O–H groups in total. The van der Waals surface area contributed by atoms with E-state index in [9.17, 15) is 9.90 Å². The fourth-order valence-electron chi connectivity index (χ4n) is 6.58. The molecule has 2 aromatic heterocycles. The van der Waals surface area contributed by atoms with Crippen molar-refractivity contribution in [3.8, 4) is 33.8 Å². The number of hydrogen-bond donors (Lipinski definition) is 1. The third-order valence-corrected chi connectivity index (χ3v) is 8.48. The van der Waals surface area contributed by atoms with E-state index in [1.54, 1.807) is 0 Å². The zero-order valence-electron chi connectivity index (χ0n) is 25.6. The van der Waals surface area contributed by atoms with Crippen molar-refractivity contribution in [1.82, 2.24) is 15.0 Å². The standard InChI is InChI=1S/C36H36N4O4/c1-21-15-24-16-23(25-19-38-35(39-20-25)40-12-5-6-13-40)7-8-26(24)32(27(21)17-30(41)42)33-29(44-36(2,3)4)18-28-31-22(10-14-43-28)9-11-37-34(31)33/h7-9,11,15-16,18-20H,5-6,10,12-14,17H2,1-4H3,(H,41,42). The molecule has 8 nitrogen and oxygen atoms in total. The van der Waals surface area contributed by atoms with Crippen LogP contribution in [0.25, 0.3) is 43.9 Å². The highest BCUT2D eigenvalue weighted by atomic mass is 16.5. The van der Waals surface area contributed by atoms with Crippen LogP contribution in [0.4, 0.5) is 5.95 Å². The fraction of sp³-hybridized carbons (Fsp3) is 0.333. The number of ether oxygens (including phenoxy) is 2. The first-order valence-electron chi connectivity index (χ1n) is 15.3. The number of anilines is 1. The molecule has 3 aromatic carbocycles. The minimum absolute atomic E-state index is 0.126. The summed E-state index contributed by atoms with van der Waals surface area (Å²) in [6.45, 7) is 10.6. The van der Waals surface area contributed by atoms with E-state index in [4.69, 9.17) is 14.5 Å². The van der Waals surface area contributed by atoms with Gasteiger partial charge in [0.05, 0.1) is 24.1 Å². The molecule has 4 heterocycles. The number of aryl methyl sites for hydroxylation is 1. The van der Waals surface area contributed by atoms with Crippen molar-refractivity contribution < 1.29 is 19.4 Å². The number of aliphatic carboxylic acids is 1. The highest BCUT2D eigenvalue weighted by molar-refractivity contribution is 6.11. The summed E-state index contributed by atoms with van der Waals surface area (Å²) in [5.41, 5.74) is 6.60. The van der Waals surface area contributed by atoms with E-state index in [2.05, 4.69) is 39.1 Å². The van der Waals surface area contributed by atoms with Crippen molar-refractivity contribution >= 4 is 33.6 Å². The lowest BCUT2D eigenvalue weighted by molar-refractivity contribution is -0.136. The van der Waals surface area contributed by atoms with Crippen LogP contribution in [0.2, 0.25) is 0 Å². The summed E-state index contributed by atoms with van der Waals surface area (Å²) < 4.78 is 12.7. The summed E-state index contributed by atoms with van der Waals surface area (Å²) in [4.78, 5) is 28.7. The Bertz CT molecular complexity index is 1920. The first-order valence-corrected chi connectivity index (χ1v) is 15.3. The summed E-state index contributed by atoms with van der Waals surface area (Å²) in [6, 6.07) is 12.3. The Morgan fingerprint density at radius 3 is 2.50 bits per heavy atom. The van der Waals surface area contributed by atoms with Gasteiger partial charge >= 0.3 is 5.97 Å². The second kappa shape index (κ2) is 10.8. The van der Waals surface area contributed by atoms with Gasteiger partial charge in [0.1, 0.15) is 17.1 Å². The summed E-state index contributed by atoms with van der Waals surface area (Å²) in [5, 5.41) is 12.9. The van der Waals surface area contributed by atoms with E-state index < -0.39 is 11.6 Å². The molecule has 2 aliphatic rings. The monoisotopic (exact) mass is 588 g/mol. The zero-order valence-corrected chi connectivity index (χ0v) is 25.6. The molecule has 8 heteroatoms. The van der Waals surface area contributed by atoms with Crippen molar-refractivity contribution in [2.75, 3.05) is 24.6 Å². The van der Waals surface area contributed by atoms with Gasteiger partial charge in [0, 0.05) is 55.1 Å². The summed E-state index contributed by atoms with van der Waals surface area (Å²) in [5.74, 6) is 1.25. The fourth-order valence-corrected chi connectivity index (χ4v) is 6.58. The lowest BCUT2D eigenvalue weighted by Gasteiger charge is -2.28. The van der Waals surface area contributed by atoms with E-state index >= 15 is 0 Å². The molecule has 0 spiro atoms. The van der Waals surface area contributed by atoms with Gasteiger partial charge in [-0.2, -0.15) is 0 Å². The molecule has 5 aromatic rings. The zero-order chi connectivity index (χ0) is 30.6. The Labute approximate surface area is 256 Å². The molecule has 0 bridgehead atoms. The Morgan fingerprint density at radius 2 is 1.77 bits per heavy atom. The van der Waals surface area contributed by atoms with Gasteiger partial charge in [-0.3, -0.25) is 9.78 Å². The second-order valence-electron chi connectivity index (χ2n) is 12.8. The van der Waals surface area contributed by atoms with Crippen LogP contribution in [0.3, 0.4) is 0 Å². The molecule has 2 aliphatic heterocycles. The van der Waals surface area contributed by atoms with Gasteiger partial charge < -0.3 is 19.5 Å². The highest BCUT2D eigenvalue weighted by Gasteiger charge is 2.28. The molecule has 224 valence electrons. The van der Waals surface area contributed by atoms with Crippen LogP contribution >= 0.6 is 0 Å². The van der Waals surface area contributed by atoms with Gasteiger partial charge in [-0.1, -0.05) is 18.2 Å². The van der Waals surface area contributed by atoms with Crippen LogP contribution in [-0.4, -0.2) is 51.3 Å². The normalized spacial score (nSPS) is 14.7. The third kappa shape index (κ3) is 5.08. The van der Waals surface area contributed by atoms with E-state index in [-0.39, 0.29) is 6.42 Å². The lowest BCUT2D eigenvalue weighted by Crippen LogP contribution is -2.24. The summed E-state index contributed by atoms with van der Waals surface area (Å²) in [7, 11) is 0. The summed E-state index contributed by atoms with van der Waals surface area (Å²) >= 11 is 0. The van der Waals surface area contributed by atoms with E-state index in [0.717, 1.165) is 91.8 Å². The predicted molar refractivity (Wildman–Crippen MR) is 173 cm³/mol. The Morgan fingerprint density at radius 1 is 1.00 bits per heavy atom. The SMILES string of the molecule is Cc1cc2cc(-c3cnc(N4CCCC4)nc3)ccc2c(-c2c(OC(C)(C)C)cc3c4c(ccnc24)CCO3)c1CC(=O)O. The van der Waals surface area contributed by atoms with Crippen molar-refractivity contribution in [2.45, 2.75) is 59.0 Å². The minimum Gasteiger partial charge on any atom is -0.492 e. The first-order chi connectivity index (χ1) is 21.2. The van der Waals surface area contributed by atoms with Gasteiger partial charge in [-0.25, -0.2) is 9.97 Å². The van der Waals surface area contributed by atoms with Gasteiger partial charge in [-0.15, -0.1) is 0 Å². The van der Waals surface area contributed by atoms with Crippen molar-refractivity contribution in [3.05, 3.63) is 71.7 Å². The van der Waals surface area contributed by atoms with E-state index in [1.807, 2.05) is 58.4 Å². The molecular weight excluding hydrogens is 552 g/mol. The predicted octanol–water partition coefficient (Wildman–Crippen LogP) is 7.16. The maximum absolute atomic E-state index is 12.3. The van der Waals surface area contributed by atoms with Gasteiger partial charge in [-0.05, 0) is 91.3 Å². The number of pyridine rings is 1. The summed E-state index contributed by atoms with van der Waals surface area (Å²) in [6.07, 6.45) is 8.61. The average molecular weight is 589 g/mol. The third-order valence-electron chi connectivity index (χ3n) is 8.48. The van der Waals surface area contributed by atoms with E-state index in [1.165, 1.54) is 12.8 Å². The van der Waals surface area contributed by atoms with Crippen molar-refractivity contribution in [3.63, 3.8) is 0 Å². The van der Waals surface area contributed by atoms with E-state index in [0.29, 0.717) is 12.4 Å². The highest BCUT2D eigenvalue weighted by Crippen LogP contribution is 2.48. The molecule has 0 saturated carbocycles. The van der Waals surface area contributed by atoms with Crippen LogP contribution in [0.15, 0.2) is 55.0 Å². The molecular formula is C36H36N4O4. The van der Waals surface area contributed by atoms with Crippen LogP contribution < -0.4 is 14.4 Å². The van der Waals surface area contributed by atoms with Crippen LogP contribution in [-0.2, 0) is 17.6 Å². The van der Waals surface area contributed by atoms with Crippen molar-refractivity contribution in [2.24, 2.45) is 0 Å². The maximum Gasteiger partial charge on any atom is 0.307 e. The van der Waals surface area contributed by atoms with Gasteiger partial charge in [0.25, 0.3) is 0 Å².